The molecule has 0 aromatic carbocycles. The van der Waals surface area contributed by atoms with Crippen LogP contribution in [-0.2, 0) is 19.2 Å². The lowest BCUT2D eigenvalue weighted by Crippen LogP contribution is -2.10. The van der Waals surface area contributed by atoms with Gasteiger partial charge in [-0.05, 0) is 30.7 Å². The van der Waals surface area contributed by atoms with Crippen molar-refractivity contribution in [2.75, 3.05) is 20.3 Å². The monoisotopic (exact) mass is 572 g/mol. The van der Waals surface area contributed by atoms with Crippen molar-refractivity contribution in [3.63, 3.8) is 0 Å². The van der Waals surface area contributed by atoms with Crippen molar-refractivity contribution in [1.29, 1.82) is 0 Å². The molecule has 0 heterocycles. The van der Waals surface area contributed by atoms with Crippen LogP contribution in [-0.4, -0.2) is 50.0 Å². The molecule has 4 nitrogen and oxygen atoms in total. The number of carbonyl (C=O) groups excluding carboxylic acids is 4. The van der Waals surface area contributed by atoms with E-state index in [1.54, 1.807) is 47.0 Å². The fourth-order valence-electron chi connectivity index (χ4n) is 1.43. The molecular weight excluding hydrogens is 549 g/mol. The number of carbonyl (C=O) groups is 4. The van der Waals surface area contributed by atoms with Gasteiger partial charge >= 0.3 is 0 Å². The summed E-state index contributed by atoms with van der Waals surface area (Å²) in [5.74, 6) is 0. The van der Waals surface area contributed by atoms with Gasteiger partial charge in [0, 0.05) is 20.3 Å². The summed E-state index contributed by atoms with van der Waals surface area (Å²) in [7, 11) is 0. The number of hydrogen-bond acceptors (Lipinski definition) is 12. The van der Waals surface area contributed by atoms with E-state index < -0.39 is 0 Å². The summed E-state index contributed by atoms with van der Waals surface area (Å²) < 4.78 is 0.279. The molecule has 0 unspecified atom stereocenters. The summed E-state index contributed by atoms with van der Waals surface area (Å²) in [6, 6.07) is 0. The Labute approximate surface area is 218 Å². The zero-order valence-electron chi connectivity index (χ0n) is 16.7. The molecule has 0 atom stereocenters. The van der Waals surface area contributed by atoms with Crippen LogP contribution in [0.25, 0.3) is 0 Å². The lowest BCUT2D eigenvalue weighted by molar-refractivity contribution is -0.107. The van der Waals surface area contributed by atoms with Crippen molar-refractivity contribution < 1.29 is 19.2 Å². The van der Waals surface area contributed by atoms with Gasteiger partial charge < -0.3 is 0 Å². The number of thioether (sulfide) groups is 8. The third-order valence-corrected chi connectivity index (χ3v) is 12.6. The molecule has 0 rings (SSSR count). The van der Waals surface area contributed by atoms with Crippen molar-refractivity contribution >= 4 is 115 Å². The molecule has 0 aliphatic heterocycles. The van der Waals surface area contributed by atoms with E-state index in [0.717, 1.165) is 6.42 Å². The van der Waals surface area contributed by atoms with Crippen LogP contribution in [0.1, 0.15) is 6.42 Å². The highest BCUT2D eigenvalue weighted by Gasteiger charge is 2.20. The minimum atomic E-state index is -0.0774. The van der Waals surface area contributed by atoms with Crippen LogP contribution >= 0.6 is 94.1 Å². The first-order chi connectivity index (χ1) is 14.9. The molecular formula is C19H24O4S8. The van der Waals surface area contributed by atoms with E-state index in [1.807, 2.05) is 0 Å². The molecule has 12 heteroatoms. The fraction of sp³-hybridized carbons (Fsp3) is 0.368. The zero-order valence-corrected chi connectivity index (χ0v) is 23.3. The molecule has 172 valence electrons. The second-order valence-electron chi connectivity index (χ2n) is 4.90. The average molecular weight is 573 g/mol. The van der Waals surface area contributed by atoms with Crippen molar-refractivity contribution in [1.82, 2.24) is 0 Å². The second kappa shape index (κ2) is 21.0. The first-order valence-corrected chi connectivity index (χ1v) is 16.6. The van der Waals surface area contributed by atoms with Gasteiger partial charge in [0.1, 0.15) is 0 Å². The van der Waals surface area contributed by atoms with Gasteiger partial charge in [0.25, 0.3) is 0 Å². The molecule has 0 aliphatic carbocycles. The first kappa shape index (κ1) is 31.4. The van der Waals surface area contributed by atoms with Crippen LogP contribution < -0.4 is 0 Å². The minimum Gasteiger partial charge on any atom is -0.282 e. The second-order valence-corrected chi connectivity index (χ2v) is 15.6. The quantitative estimate of drug-likeness (QED) is 0.132. The molecule has 0 N–H and O–H groups in total. The van der Waals surface area contributed by atoms with E-state index in [-0.39, 0.29) is 29.6 Å². The third kappa shape index (κ3) is 18.5. The number of rotatable bonds is 18. The summed E-state index contributed by atoms with van der Waals surface area (Å²) >= 11 is 11.3. The summed E-state index contributed by atoms with van der Waals surface area (Å²) in [6.07, 6.45) is 5.96. The molecule has 0 amide bonds. The Morgan fingerprint density at radius 3 is 0.935 bits per heavy atom. The Hall–Kier alpha value is 0.440. The predicted molar refractivity (Wildman–Crippen MR) is 153 cm³/mol. The molecule has 0 aromatic heterocycles. The van der Waals surface area contributed by atoms with Crippen molar-refractivity contribution in [2.24, 2.45) is 0 Å². The van der Waals surface area contributed by atoms with Gasteiger partial charge in [-0.2, -0.15) is 0 Å². The van der Waals surface area contributed by atoms with Crippen molar-refractivity contribution in [2.45, 2.75) is 15.6 Å². The molecule has 0 saturated heterocycles. The summed E-state index contributed by atoms with van der Waals surface area (Å²) in [5.41, 5.74) is 0. The molecule has 0 spiro atoms. The van der Waals surface area contributed by atoms with Crippen LogP contribution in [0.2, 0.25) is 0 Å². The topological polar surface area (TPSA) is 68.3 Å². The Morgan fingerprint density at radius 1 is 0.516 bits per heavy atom. The first-order valence-electron chi connectivity index (χ1n) is 8.49. The molecule has 0 saturated carbocycles. The molecule has 31 heavy (non-hydrogen) atoms. The van der Waals surface area contributed by atoms with E-state index in [2.05, 4.69) is 26.3 Å². The predicted octanol–water partition coefficient (Wildman–Crippen LogP) is 6.57. The molecule has 0 radical (unpaired) electrons. The Balaban J connectivity index is 4.94. The maximum atomic E-state index is 11.5. The van der Waals surface area contributed by atoms with Gasteiger partial charge in [-0.1, -0.05) is 73.4 Å². The molecule has 0 fully saturated rings. The smallest absolute Gasteiger partial charge is 0.212 e. The van der Waals surface area contributed by atoms with E-state index in [0.29, 0.717) is 20.3 Å². The van der Waals surface area contributed by atoms with Crippen molar-refractivity contribution in [3.05, 3.63) is 50.6 Å². The van der Waals surface area contributed by atoms with Gasteiger partial charge in [-0.25, -0.2) is 0 Å². The van der Waals surface area contributed by atoms with Crippen LogP contribution in [0, 0.1) is 0 Å². The van der Waals surface area contributed by atoms with Gasteiger partial charge in [0.05, 0.1) is 9.16 Å². The van der Waals surface area contributed by atoms with Gasteiger partial charge in [-0.15, -0.1) is 47.0 Å². The van der Waals surface area contributed by atoms with Gasteiger partial charge in [0.15, 0.2) is 0 Å². The highest BCUT2D eigenvalue weighted by atomic mass is 32.3. The highest BCUT2D eigenvalue weighted by molar-refractivity contribution is 8.32. The maximum Gasteiger partial charge on any atom is 0.212 e. The maximum absolute atomic E-state index is 11.5. The zero-order chi connectivity index (χ0) is 23.5. The highest BCUT2D eigenvalue weighted by Crippen LogP contribution is 2.40. The standard InChI is InChI=1S/C19H24O4S8/c1-5-14(20)24-10-28-18(29-11-25-15(21)6-2)9-19(30-12-26-16(22)7-3)31-13-27-17(23)8-4/h5-8,18-19H,1-4,9-13H2. The molecule has 0 aliphatic rings. The van der Waals surface area contributed by atoms with Gasteiger partial charge in [0.2, 0.25) is 20.5 Å². The SMILES string of the molecule is C=CC(=O)SCSC(CC(SCSC(=O)C=C)SCSC(=O)C=C)SCSC(=O)C=C. The van der Waals surface area contributed by atoms with Crippen LogP contribution in [0.4, 0.5) is 0 Å². The lowest BCUT2D eigenvalue weighted by atomic mass is 10.5. The van der Waals surface area contributed by atoms with Crippen molar-refractivity contribution in [3.8, 4) is 0 Å². The molecule has 0 bridgehead atoms. The summed E-state index contributed by atoms with van der Waals surface area (Å²) in [5, 5.41) is 2.02. The summed E-state index contributed by atoms with van der Waals surface area (Å²) in [4.78, 5) is 46.0. The average Bonchev–Trinajstić information content (AvgIpc) is 2.77. The largest absolute Gasteiger partial charge is 0.282 e. The number of hydrogen-bond donors (Lipinski definition) is 0. The Bertz CT molecular complexity index is 547. The van der Waals surface area contributed by atoms with Crippen LogP contribution in [0.3, 0.4) is 0 Å². The van der Waals surface area contributed by atoms with E-state index in [9.17, 15) is 19.2 Å². The third-order valence-electron chi connectivity index (χ3n) is 2.87. The Morgan fingerprint density at radius 2 is 0.742 bits per heavy atom. The normalized spacial score (nSPS) is 10.6. The van der Waals surface area contributed by atoms with Crippen LogP contribution in [0.5, 0.6) is 0 Å². The Kier molecular flexibility index (Phi) is 21.3. The van der Waals surface area contributed by atoms with E-state index in [1.165, 1.54) is 71.4 Å². The minimum absolute atomic E-state index is 0.0774. The summed E-state index contributed by atoms with van der Waals surface area (Å²) in [6.45, 7) is 13.9. The fourth-order valence-corrected chi connectivity index (χ4v) is 11.9. The molecule has 0 aromatic rings. The lowest BCUT2D eigenvalue weighted by Gasteiger charge is -2.22. The van der Waals surface area contributed by atoms with E-state index in [4.69, 9.17) is 0 Å². The van der Waals surface area contributed by atoms with Gasteiger partial charge in [-0.3, -0.25) is 19.2 Å². The van der Waals surface area contributed by atoms with Crippen LogP contribution in [0.15, 0.2) is 50.6 Å². The van der Waals surface area contributed by atoms with E-state index >= 15 is 0 Å².